The van der Waals surface area contributed by atoms with Gasteiger partial charge in [-0.2, -0.15) is 10.2 Å². The van der Waals surface area contributed by atoms with E-state index in [1.54, 1.807) is 41.2 Å². The number of anilines is 1. The van der Waals surface area contributed by atoms with Crippen LogP contribution >= 0.6 is 11.6 Å². The molecular weight excluding hydrogens is 383 g/mol. The summed E-state index contributed by atoms with van der Waals surface area (Å²) in [6, 6.07) is 12.0. The van der Waals surface area contributed by atoms with Crippen LogP contribution in [0.2, 0.25) is 5.02 Å². The largest absolute Gasteiger partial charge is 0.303 e. The normalized spacial score (nSPS) is 10.9. The van der Waals surface area contributed by atoms with Crippen LogP contribution in [0.25, 0.3) is 10.9 Å². The average molecular weight is 397 g/mol. The van der Waals surface area contributed by atoms with E-state index in [2.05, 4.69) is 25.6 Å². The van der Waals surface area contributed by atoms with Gasteiger partial charge in [0.2, 0.25) is 0 Å². The molecule has 4 aromatic rings. The first-order valence-electron chi connectivity index (χ1n) is 8.39. The van der Waals surface area contributed by atoms with Gasteiger partial charge in [-0.3, -0.25) is 14.5 Å². The maximum atomic E-state index is 12.7. The van der Waals surface area contributed by atoms with Gasteiger partial charge in [0, 0.05) is 12.4 Å². The van der Waals surface area contributed by atoms with Crippen LogP contribution in [0, 0.1) is 0 Å². The molecule has 0 atom stereocenters. The summed E-state index contributed by atoms with van der Waals surface area (Å²) >= 11 is 6.36. The Balaban J connectivity index is 1.70. The summed E-state index contributed by atoms with van der Waals surface area (Å²) in [7, 11) is 0. The number of alkyl halides is 1. The van der Waals surface area contributed by atoms with Crippen molar-refractivity contribution in [2.75, 3.05) is 5.32 Å². The Morgan fingerprint density at radius 3 is 2.79 bits per heavy atom. The van der Waals surface area contributed by atoms with Crippen LogP contribution in [-0.4, -0.2) is 30.9 Å². The number of hydrogen-bond donors (Lipinski definition) is 1. The summed E-state index contributed by atoms with van der Waals surface area (Å²) in [6.07, 6.45) is 3.09. The molecule has 1 aromatic carbocycles. The molecule has 0 fully saturated rings. The summed E-state index contributed by atoms with van der Waals surface area (Å²) in [5, 5.41) is 15.8. The van der Waals surface area contributed by atoms with Gasteiger partial charge in [0.25, 0.3) is 5.91 Å². The standard InChI is InChI=1S/C19H14ClFN6O/c20-14-3-1-5-16-17(14)18(24-19(28)15-4-2-8-23-25-15)26-27(16)11-12-6-7-13(9-21)22-10-12/h1-8,10H,9,11H2,(H,24,26,28). The van der Waals surface area contributed by atoms with Gasteiger partial charge < -0.3 is 5.32 Å². The van der Waals surface area contributed by atoms with Gasteiger partial charge in [-0.15, -0.1) is 5.10 Å². The molecule has 0 aliphatic carbocycles. The fraction of sp³-hybridized carbons (Fsp3) is 0.105. The first-order valence-corrected chi connectivity index (χ1v) is 8.77. The number of carbonyl (C=O) groups excluding carboxylic acids is 1. The van der Waals surface area contributed by atoms with E-state index in [1.165, 1.54) is 6.20 Å². The third kappa shape index (κ3) is 3.54. The molecule has 28 heavy (non-hydrogen) atoms. The van der Waals surface area contributed by atoms with Crippen molar-refractivity contribution in [1.29, 1.82) is 0 Å². The van der Waals surface area contributed by atoms with Crippen LogP contribution in [0.4, 0.5) is 10.2 Å². The zero-order valence-corrected chi connectivity index (χ0v) is 15.3. The Morgan fingerprint density at radius 2 is 2.07 bits per heavy atom. The van der Waals surface area contributed by atoms with E-state index in [4.69, 9.17) is 11.6 Å². The van der Waals surface area contributed by atoms with Crippen molar-refractivity contribution in [1.82, 2.24) is 25.0 Å². The van der Waals surface area contributed by atoms with Crippen LogP contribution in [-0.2, 0) is 13.2 Å². The molecule has 0 radical (unpaired) electrons. The van der Waals surface area contributed by atoms with E-state index < -0.39 is 12.6 Å². The zero-order chi connectivity index (χ0) is 19.5. The van der Waals surface area contributed by atoms with E-state index in [1.807, 2.05) is 12.1 Å². The number of benzene rings is 1. The maximum absolute atomic E-state index is 12.7. The van der Waals surface area contributed by atoms with Gasteiger partial charge in [0.05, 0.1) is 28.2 Å². The molecule has 0 aliphatic heterocycles. The molecule has 4 rings (SSSR count). The third-order valence-corrected chi connectivity index (χ3v) is 4.43. The van der Waals surface area contributed by atoms with Crippen LogP contribution < -0.4 is 5.32 Å². The van der Waals surface area contributed by atoms with Crippen molar-refractivity contribution < 1.29 is 9.18 Å². The Morgan fingerprint density at radius 1 is 1.18 bits per heavy atom. The van der Waals surface area contributed by atoms with Crippen molar-refractivity contribution in [3.05, 3.63) is 76.8 Å². The van der Waals surface area contributed by atoms with Crippen LogP contribution in [0.15, 0.2) is 54.9 Å². The van der Waals surface area contributed by atoms with E-state index >= 15 is 0 Å². The molecule has 1 amide bonds. The molecule has 0 saturated carbocycles. The number of hydrogen-bond acceptors (Lipinski definition) is 5. The van der Waals surface area contributed by atoms with Gasteiger partial charge in [0.15, 0.2) is 11.5 Å². The molecule has 0 saturated heterocycles. The predicted molar refractivity (Wildman–Crippen MR) is 103 cm³/mol. The Hall–Kier alpha value is -3.39. The predicted octanol–water partition coefficient (Wildman–Crippen LogP) is 3.64. The lowest BCUT2D eigenvalue weighted by molar-refractivity contribution is 0.102. The average Bonchev–Trinajstić information content (AvgIpc) is 3.07. The highest BCUT2D eigenvalue weighted by atomic mass is 35.5. The molecule has 0 aliphatic rings. The van der Waals surface area contributed by atoms with Gasteiger partial charge in [-0.25, -0.2) is 4.39 Å². The Labute approximate surface area is 164 Å². The van der Waals surface area contributed by atoms with E-state index in [0.717, 1.165) is 11.1 Å². The molecule has 3 aromatic heterocycles. The highest BCUT2D eigenvalue weighted by Gasteiger charge is 2.17. The number of aromatic nitrogens is 5. The first-order chi connectivity index (χ1) is 13.7. The minimum atomic E-state index is -0.612. The molecule has 7 nitrogen and oxygen atoms in total. The number of nitrogens with zero attached hydrogens (tertiary/aromatic N) is 5. The smallest absolute Gasteiger partial charge is 0.277 e. The van der Waals surface area contributed by atoms with E-state index in [9.17, 15) is 9.18 Å². The number of nitrogens with one attached hydrogen (secondary N) is 1. The molecule has 3 heterocycles. The van der Waals surface area contributed by atoms with Gasteiger partial charge >= 0.3 is 0 Å². The third-order valence-electron chi connectivity index (χ3n) is 4.12. The second kappa shape index (κ2) is 7.69. The summed E-state index contributed by atoms with van der Waals surface area (Å²) in [6.45, 7) is -0.226. The molecule has 0 spiro atoms. The van der Waals surface area contributed by atoms with E-state index in [-0.39, 0.29) is 5.69 Å². The van der Waals surface area contributed by atoms with Crippen molar-refractivity contribution in [2.24, 2.45) is 0 Å². The summed E-state index contributed by atoms with van der Waals surface area (Å²) in [5.41, 5.74) is 2.13. The number of rotatable bonds is 5. The zero-order valence-electron chi connectivity index (χ0n) is 14.5. The van der Waals surface area contributed by atoms with E-state index in [0.29, 0.717) is 28.5 Å². The number of pyridine rings is 1. The summed E-state index contributed by atoms with van der Waals surface area (Å²) in [4.78, 5) is 16.5. The number of fused-ring (bicyclic) bond motifs is 1. The SMILES string of the molecule is O=C(Nc1nn(Cc2ccc(CF)nc2)c2cccc(Cl)c12)c1cccnn1. The van der Waals surface area contributed by atoms with Gasteiger partial charge in [-0.05, 0) is 35.9 Å². The lowest BCUT2D eigenvalue weighted by atomic mass is 10.2. The highest BCUT2D eigenvalue weighted by molar-refractivity contribution is 6.36. The molecule has 140 valence electrons. The quantitative estimate of drug-likeness (QED) is 0.556. The molecule has 9 heteroatoms. The van der Waals surface area contributed by atoms with Crippen LogP contribution in [0.1, 0.15) is 21.7 Å². The lowest BCUT2D eigenvalue weighted by Crippen LogP contribution is -2.15. The number of halogens is 2. The van der Waals surface area contributed by atoms with Crippen molar-refractivity contribution >= 4 is 34.2 Å². The molecular formula is C19H14ClFN6O. The number of carbonyl (C=O) groups is 1. The minimum Gasteiger partial charge on any atom is -0.303 e. The maximum Gasteiger partial charge on any atom is 0.277 e. The molecule has 1 N–H and O–H groups in total. The summed E-state index contributed by atoms with van der Waals surface area (Å²) < 4.78 is 14.4. The van der Waals surface area contributed by atoms with Crippen LogP contribution in [0.3, 0.4) is 0 Å². The summed E-state index contributed by atoms with van der Waals surface area (Å²) in [5.74, 6) is -0.113. The van der Waals surface area contributed by atoms with Gasteiger partial charge in [-0.1, -0.05) is 23.7 Å². The second-order valence-electron chi connectivity index (χ2n) is 5.99. The Bertz CT molecular complexity index is 1130. The van der Waals surface area contributed by atoms with Crippen molar-refractivity contribution in [2.45, 2.75) is 13.2 Å². The number of amides is 1. The van der Waals surface area contributed by atoms with Crippen molar-refractivity contribution in [3.8, 4) is 0 Å². The minimum absolute atomic E-state index is 0.170. The molecule has 0 unspecified atom stereocenters. The highest BCUT2D eigenvalue weighted by Crippen LogP contribution is 2.30. The lowest BCUT2D eigenvalue weighted by Gasteiger charge is -2.04. The Kier molecular flexibility index (Phi) is 4.94. The fourth-order valence-electron chi connectivity index (χ4n) is 2.79. The van der Waals surface area contributed by atoms with Crippen molar-refractivity contribution in [3.63, 3.8) is 0 Å². The molecule has 0 bridgehead atoms. The van der Waals surface area contributed by atoms with Gasteiger partial charge in [0.1, 0.15) is 6.67 Å². The fourth-order valence-corrected chi connectivity index (χ4v) is 3.05. The topological polar surface area (TPSA) is 85.6 Å². The van der Waals surface area contributed by atoms with Crippen LogP contribution in [0.5, 0.6) is 0 Å². The second-order valence-corrected chi connectivity index (χ2v) is 6.40. The first kappa shape index (κ1) is 18.0. The monoisotopic (exact) mass is 396 g/mol.